The number of ether oxygens (including phenoxy) is 1. The zero-order valence-electron chi connectivity index (χ0n) is 17.9. The Morgan fingerprint density at radius 1 is 1.16 bits per heavy atom. The van der Waals surface area contributed by atoms with E-state index in [0.29, 0.717) is 16.8 Å². The third kappa shape index (κ3) is 4.81. The zero-order valence-corrected chi connectivity index (χ0v) is 18.7. The number of carbonyl (C=O) groups is 2. The number of fused-ring (bicyclic) bond motifs is 1. The van der Waals surface area contributed by atoms with Gasteiger partial charge in [0, 0.05) is 13.1 Å². The van der Waals surface area contributed by atoms with E-state index in [1.807, 2.05) is 30.3 Å². The van der Waals surface area contributed by atoms with Crippen LogP contribution in [0.2, 0.25) is 0 Å². The van der Waals surface area contributed by atoms with Crippen molar-refractivity contribution in [3.8, 4) is 0 Å². The summed E-state index contributed by atoms with van der Waals surface area (Å²) < 4.78 is 7.41. The van der Waals surface area contributed by atoms with E-state index < -0.39 is 29.7 Å². The number of benzene rings is 1. The van der Waals surface area contributed by atoms with Crippen molar-refractivity contribution in [1.82, 2.24) is 14.5 Å². The second-order valence-electron chi connectivity index (χ2n) is 7.09. The van der Waals surface area contributed by atoms with Gasteiger partial charge in [-0.25, -0.2) is 9.59 Å². The van der Waals surface area contributed by atoms with Crippen LogP contribution in [0.3, 0.4) is 0 Å². The van der Waals surface area contributed by atoms with Gasteiger partial charge in [0.2, 0.25) is 5.91 Å². The first-order valence-electron chi connectivity index (χ1n) is 10.2. The Morgan fingerprint density at radius 2 is 1.88 bits per heavy atom. The first kappa shape index (κ1) is 23.4. The summed E-state index contributed by atoms with van der Waals surface area (Å²) in [7, 11) is 0. The predicted molar refractivity (Wildman–Crippen MR) is 121 cm³/mol. The Hall–Kier alpha value is -3.24. The molecule has 3 rings (SSSR count). The number of amides is 1. The highest BCUT2D eigenvalue weighted by Crippen LogP contribution is 2.28. The fourth-order valence-corrected chi connectivity index (χ4v) is 4.62. The van der Waals surface area contributed by atoms with Crippen LogP contribution in [-0.2, 0) is 29.0 Å². The van der Waals surface area contributed by atoms with Crippen molar-refractivity contribution in [3.05, 3.63) is 67.2 Å². The number of aryl methyl sites for hydroxylation is 3. The van der Waals surface area contributed by atoms with Crippen LogP contribution in [0, 0.1) is 6.92 Å². The fraction of sp³-hybridized carbons (Fsp3) is 0.364. The maximum atomic E-state index is 13.2. The monoisotopic (exact) mass is 459 g/mol. The predicted octanol–water partition coefficient (Wildman–Crippen LogP) is 1.06. The van der Waals surface area contributed by atoms with Gasteiger partial charge in [-0.2, -0.15) is 0 Å². The summed E-state index contributed by atoms with van der Waals surface area (Å²) in [5, 5.41) is 11.6. The minimum absolute atomic E-state index is 0.0164. The van der Waals surface area contributed by atoms with Gasteiger partial charge in [-0.15, -0.1) is 11.3 Å². The number of nitrogens with zero attached hydrogens (tertiary/aromatic N) is 2. The quantitative estimate of drug-likeness (QED) is 0.462. The fourth-order valence-electron chi connectivity index (χ4n) is 3.40. The van der Waals surface area contributed by atoms with Crippen LogP contribution in [0.15, 0.2) is 39.9 Å². The Labute approximate surface area is 187 Å². The number of hydrogen-bond donors (Lipinski definition) is 2. The van der Waals surface area contributed by atoms with Crippen LogP contribution >= 0.6 is 11.3 Å². The molecule has 1 amide bonds. The second kappa shape index (κ2) is 10.4. The van der Waals surface area contributed by atoms with Crippen molar-refractivity contribution < 1.29 is 19.4 Å². The van der Waals surface area contributed by atoms with Gasteiger partial charge in [0.05, 0.1) is 18.6 Å². The number of aliphatic hydroxyl groups is 1. The number of esters is 1. The highest BCUT2D eigenvalue weighted by molar-refractivity contribution is 7.20. The molecule has 0 aliphatic rings. The van der Waals surface area contributed by atoms with Gasteiger partial charge in [0.15, 0.2) is 0 Å². The maximum absolute atomic E-state index is 13.2. The van der Waals surface area contributed by atoms with Crippen LogP contribution in [0.1, 0.15) is 27.7 Å². The normalized spacial score (nSPS) is 11.0. The summed E-state index contributed by atoms with van der Waals surface area (Å²) in [5.74, 6) is -1.12. The second-order valence-corrected chi connectivity index (χ2v) is 8.09. The molecular formula is C22H25N3O6S. The first-order valence-corrected chi connectivity index (χ1v) is 11.1. The molecule has 32 heavy (non-hydrogen) atoms. The number of hydrogen-bond acceptors (Lipinski definition) is 7. The Kier molecular flexibility index (Phi) is 7.60. The third-order valence-corrected chi connectivity index (χ3v) is 6.25. The summed E-state index contributed by atoms with van der Waals surface area (Å²) in [6.45, 7) is 3.05. The Bertz CT molecular complexity index is 1240. The highest BCUT2D eigenvalue weighted by Gasteiger charge is 2.24. The highest BCUT2D eigenvalue weighted by atomic mass is 32.1. The maximum Gasteiger partial charge on any atom is 0.348 e. The summed E-state index contributed by atoms with van der Waals surface area (Å²) in [5.41, 5.74) is 0.162. The van der Waals surface area contributed by atoms with Gasteiger partial charge < -0.3 is 15.2 Å². The van der Waals surface area contributed by atoms with Gasteiger partial charge in [-0.1, -0.05) is 30.3 Å². The molecule has 0 saturated carbocycles. The van der Waals surface area contributed by atoms with Crippen LogP contribution < -0.4 is 16.6 Å². The Balaban J connectivity index is 2.15. The van der Waals surface area contributed by atoms with E-state index in [-0.39, 0.29) is 36.6 Å². The summed E-state index contributed by atoms with van der Waals surface area (Å²) in [6.07, 6.45) is 0.524. The average Bonchev–Trinajstić information content (AvgIpc) is 3.13. The van der Waals surface area contributed by atoms with Gasteiger partial charge in [0.1, 0.15) is 16.3 Å². The topological polar surface area (TPSA) is 120 Å². The lowest BCUT2D eigenvalue weighted by Gasteiger charge is -2.12. The van der Waals surface area contributed by atoms with E-state index in [9.17, 15) is 19.2 Å². The minimum Gasteiger partial charge on any atom is -0.462 e. The van der Waals surface area contributed by atoms with E-state index in [2.05, 4.69) is 5.32 Å². The number of aliphatic hydroxyl groups excluding tert-OH is 1. The van der Waals surface area contributed by atoms with Crippen molar-refractivity contribution in [2.45, 2.75) is 33.4 Å². The van der Waals surface area contributed by atoms with E-state index >= 15 is 0 Å². The van der Waals surface area contributed by atoms with Crippen LogP contribution in [-0.4, -0.2) is 45.9 Å². The van der Waals surface area contributed by atoms with Gasteiger partial charge in [-0.3, -0.25) is 18.7 Å². The lowest BCUT2D eigenvalue weighted by Crippen LogP contribution is -2.44. The standard InChI is InChI=1S/C22H25N3O6S/c1-3-31-21(29)18-14(2)17-19(28)25(13-16(27)23-10-12-26)22(30)24(20(17)32-18)11-9-15-7-5-4-6-8-15/h4-8,26H,3,9-13H2,1-2H3,(H,23,27). The largest absolute Gasteiger partial charge is 0.462 e. The molecule has 3 aromatic rings. The number of carbonyl (C=O) groups excluding carboxylic acids is 2. The lowest BCUT2D eigenvalue weighted by atomic mass is 10.1. The van der Waals surface area contributed by atoms with E-state index in [4.69, 9.17) is 9.84 Å². The molecule has 0 bridgehead atoms. The van der Waals surface area contributed by atoms with Gasteiger partial charge in [-0.05, 0) is 31.4 Å². The Morgan fingerprint density at radius 3 is 2.53 bits per heavy atom. The molecule has 2 aromatic heterocycles. The molecule has 0 unspecified atom stereocenters. The smallest absolute Gasteiger partial charge is 0.348 e. The van der Waals surface area contributed by atoms with Crippen LogP contribution in [0.4, 0.5) is 0 Å². The minimum atomic E-state index is -0.635. The molecule has 0 aliphatic carbocycles. The SMILES string of the molecule is CCOC(=O)c1sc2c(c1C)c(=O)n(CC(=O)NCCO)c(=O)n2CCc1ccccc1. The number of thiophene rings is 1. The summed E-state index contributed by atoms with van der Waals surface area (Å²) in [6, 6.07) is 9.56. The summed E-state index contributed by atoms with van der Waals surface area (Å²) >= 11 is 1.04. The molecule has 0 spiro atoms. The lowest BCUT2D eigenvalue weighted by molar-refractivity contribution is -0.121. The van der Waals surface area contributed by atoms with Crippen molar-refractivity contribution in [2.24, 2.45) is 0 Å². The molecule has 10 heteroatoms. The molecule has 1 aromatic carbocycles. The molecule has 9 nitrogen and oxygen atoms in total. The molecule has 0 saturated heterocycles. The summed E-state index contributed by atoms with van der Waals surface area (Å²) in [4.78, 5) is 51.6. The number of nitrogens with one attached hydrogen (secondary N) is 1. The zero-order chi connectivity index (χ0) is 23.3. The molecule has 2 N–H and O–H groups in total. The van der Waals surface area contributed by atoms with E-state index in [1.165, 1.54) is 4.57 Å². The average molecular weight is 460 g/mol. The molecule has 0 aliphatic heterocycles. The molecule has 170 valence electrons. The van der Waals surface area contributed by atoms with Crippen LogP contribution in [0.5, 0.6) is 0 Å². The van der Waals surface area contributed by atoms with E-state index in [1.54, 1.807) is 13.8 Å². The molecular weight excluding hydrogens is 434 g/mol. The van der Waals surface area contributed by atoms with E-state index in [0.717, 1.165) is 21.5 Å². The molecule has 0 radical (unpaired) electrons. The van der Waals surface area contributed by atoms with Crippen molar-refractivity contribution >= 4 is 33.4 Å². The van der Waals surface area contributed by atoms with Crippen molar-refractivity contribution in [2.75, 3.05) is 19.8 Å². The molecule has 2 heterocycles. The third-order valence-electron chi connectivity index (χ3n) is 4.96. The van der Waals surface area contributed by atoms with Crippen molar-refractivity contribution in [3.63, 3.8) is 0 Å². The number of aromatic nitrogens is 2. The number of rotatable bonds is 9. The molecule has 0 fully saturated rings. The van der Waals surface area contributed by atoms with Gasteiger partial charge >= 0.3 is 11.7 Å². The van der Waals surface area contributed by atoms with Gasteiger partial charge in [0.25, 0.3) is 5.56 Å². The first-order chi connectivity index (χ1) is 15.4. The van der Waals surface area contributed by atoms with Crippen molar-refractivity contribution in [1.29, 1.82) is 0 Å². The molecule has 0 atom stereocenters. The van der Waals surface area contributed by atoms with Crippen LogP contribution in [0.25, 0.3) is 10.2 Å².